The highest BCUT2D eigenvalue weighted by molar-refractivity contribution is 5.30. The Morgan fingerprint density at radius 1 is 1.17 bits per heavy atom. The summed E-state index contributed by atoms with van der Waals surface area (Å²) in [4.78, 5) is 0. The summed E-state index contributed by atoms with van der Waals surface area (Å²) in [5, 5.41) is 3.86. The molecular weight excluding hydrogens is 222 g/mol. The SMILES string of the molecule is COc1ccc(C(NC2CC(C)C2)C2CC2)cc1. The van der Waals surface area contributed by atoms with Gasteiger partial charge in [-0.05, 0) is 55.2 Å². The second-order valence-electron chi connectivity index (χ2n) is 6.03. The van der Waals surface area contributed by atoms with Gasteiger partial charge in [0.2, 0.25) is 0 Å². The van der Waals surface area contributed by atoms with Crippen molar-refractivity contribution in [1.29, 1.82) is 0 Å². The fourth-order valence-corrected chi connectivity index (χ4v) is 3.04. The van der Waals surface area contributed by atoms with Gasteiger partial charge in [0.1, 0.15) is 5.75 Å². The summed E-state index contributed by atoms with van der Waals surface area (Å²) in [5.41, 5.74) is 1.43. The summed E-state index contributed by atoms with van der Waals surface area (Å²) in [5.74, 6) is 2.72. The van der Waals surface area contributed by atoms with Gasteiger partial charge in [-0.2, -0.15) is 0 Å². The molecule has 0 spiro atoms. The molecule has 2 saturated carbocycles. The van der Waals surface area contributed by atoms with E-state index in [2.05, 4.69) is 36.5 Å². The maximum Gasteiger partial charge on any atom is 0.118 e. The Balaban J connectivity index is 1.68. The molecule has 0 saturated heterocycles. The van der Waals surface area contributed by atoms with Gasteiger partial charge in [0, 0.05) is 12.1 Å². The van der Waals surface area contributed by atoms with Crippen molar-refractivity contribution in [3.8, 4) is 5.75 Å². The molecule has 2 aliphatic rings. The first-order valence-corrected chi connectivity index (χ1v) is 7.16. The number of hydrogen-bond acceptors (Lipinski definition) is 2. The minimum Gasteiger partial charge on any atom is -0.497 e. The van der Waals surface area contributed by atoms with Crippen molar-refractivity contribution < 1.29 is 4.74 Å². The fourth-order valence-electron chi connectivity index (χ4n) is 3.04. The highest BCUT2D eigenvalue weighted by atomic mass is 16.5. The number of nitrogens with one attached hydrogen (secondary N) is 1. The van der Waals surface area contributed by atoms with Crippen LogP contribution in [0.3, 0.4) is 0 Å². The molecule has 0 aliphatic heterocycles. The Morgan fingerprint density at radius 3 is 2.33 bits per heavy atom. The number of benzene rings is 1. The average Bonchev–Trinajstić information content (AvgIpc) is 3.18. The summed E-state index contributed by atoms with van der Waals surface area (Å²) in [6.07, 6.45) is 5.46. The minimum absolute atomic E-state index is 0.563. The highest BCUT2D eigenvalue weighted by Crippen LogP contribution is 2.43. The third kappa shape index (κ3) is 2.54. The van der Waals surface area contributed by atoms with Crippen molar-refractivity contribution >= 4 is 0 Å². The van der Waals surface area contributed by atoms with Crippen LogP contribution < -0.4 is 10.1 Å². The Morgan fingerprint density at radius 2 is 1.83 bits per heavy atom. The molecule has 0 radical (unpaired) electrons. The van der Waals surface area contributed by atoms with Crippen LogP contribution in [0.4, 0.5) is 0 Å². The van der Waals surface area contributed by atoms with E-state index in [1.165, 1.54) is 31.2 Å². The molecule has 18 heavy (non-hydrogen) atoms. The third-order valence-electron chi connectivity index (χ3n) is 4.36. The molecule has 3 rings (SSSR count). The second-order valence-corrected chi connectivity index (χ2v) is 6.03. The lowest BCUT2D eigenvalue weighted by atomic mass is 9.81. The first-order valence-electron chi connectivity index (χ1n) is 7.16. The first kappa shape index (κ1) is 12.0. The topological polar surface area (TPSA) is 21.3 Å². The van der Waals surface area contributed by atoms with E-state index in [1.807, 2.05) is 0 Å². The van der Waals surface area contributed by atoms with E-state index in [0.717, 1.165) is 23.6 Å². The smallest absolute Gasteiger partial charge is 0.118 e. The maximum atomic E-state index is 5.23. The van der Waals surface area contributed by atoms with Crippen molar-refractivity contribution in [2.45, 2.75) is 44.7 Å². The van der Waals surface area contributed by atoms with E-state index in [4.69, 9.17) is 4.74 Å². The van der Waals surface area contributed by atoms with Crippen LogP contribution in [-0.4, -0.2) is 13.2 Å². The summed E-state index contributed by atoms with van der Waals surface area (Å²) < 4.78 is 5.23. The van der Waals surface area contributed by atoms with Crippen LogP contribution in [0.5, 0.6) is 5.75 Å². The van der Waals surface area contributed by atoms with Gasteiger partial charge in [-0.3, -0.25) is 0 Å². The van der Waals surface area contributed by atoms with Crippen molar-refractivity contribution in [2.24, 2.45) is 11.8 Å². The Bertz CT molecular complexity index is 390. The van der Waals surface area contributed by atoms with E-state index in [9.17, 15) is 0 Å². The molecule has 2 nitrogen and oxygen atoms in total. The molecule has 1 N–H and O–H groups in total. The molecule has 0 aromatic heterocycles. The van der Waals surface area contributed by atoms with Crippen molar-refractivity contribution in [3.63, 3.8) is 0 Å². The van der Waals surface area contributed by atoms with Crippen LogP contribution in [0.25, 0.3) is 0 Å². The van der Waals surface area contributed by atoms with Crippen molar-refractivity contribution in [1.82, 2.24) is 5.32 Å². The van der Waals surface area contributed by atoms with Crippen LogP contribution in [0.15, 0.2) is 24.3 Å². The lowest BCUT2D eigenvalue weighted by Crippen LogP contribution is -2.42. The third-order valence-corrected chi connectivity index (χ3v) is 4.36. The Hall–Kier alpha value is -1.02. The van der Waals surface area contributed by atoms with Gasteiger partial charge in [0.05, 0.1) is 7.11 Å². The molecule has 98 valence electrons. The van der Waals surface area contributed by atoms with Gasteiger partial charge >= 0.3 is 0 Å². The molecule has 1 aromatic carbocycles. The summed E-state index contributed by atoms with van der Waals surface area (Å²) in [7, 11) is 1.72. The lowest BCUT2D eigenvalue weighted by Gasteiger charge is -2.37. The van der Waals surface area contributed by atoms with Gasteiger partial charge in [-0.1, -0.05) is 19.1 Å². The monoisotopic (exact) mass is 245 g/mol. The predicted molar refractivity (Wildman–Crippen MR) is 73.8 cm³/mol. The first-order chi connectivity index (χ1) is 8.76. The number of methoxy groups -OCH3 is 1. The number of rotatable bonds is 5. The lowest BCUT2D eigenvalue weighted by molar-refractivity contribution is 0.215. The summed E-state index contributed by atoms with van der Waals surface area (Å²) in [6.45, 7) is 2.34. The number of hydrogen-bond donors (Lipinski definition) is 1. The molecular formula is C16H23NO. The summed E-state index contributed by atoms with van der Waals surface area (Å²) in [6, 6.07) is 9.90. The molecule has 1 atom stereocenters. The molecule has 1 aromatic rings. The average molecular weight is 245 g/mol. The number of ether oxygens (including phenoxy) is 1. The molecule has 0 heterocycles. The van der Waals surface area contributed by atoms with E-state index in [1.54, 1.807) is 7.11 Å². The minimum atomic E-state index is 0.563. The molecule has 0 amide bonds. The molecule has 2 fully saturated rings. The largest absolute Gasteiger partial charge is 0.497 e. The predicted octanol–water partition coefficient (Wildman–Crippen LogP) is 3.53. The zero-order valence-corrected chi connectivity index (χ0v) is 11.4. The van der Waals surface area contributed by atoms with E-state index in [-0.39, 0.29) is 0 Å². The quantitative estimate of drug-likeness (QED) is 0.856. The highest BCUT2D eigenvalue weighted by Gasteiger charge is 2.36. The van der Waals surface area contributed by atoms with E-state index < -0.39 is 0 Å². The maximum absolute atomic E-state index is 5.23. The second kappa shape index (κ2) is 4.93. The van der Waals surface area contributed by atoms with Gasteiger partial charge in [-0.15, -0.1) is 0 Å². The van der Waals surface area contributed by atoms with Crippen molar-refractivity contribution in [2.75, 3.05) is 7.11 Å². The molecule has 2 heteroatoms. The van der Waals surface area contributed by atoms with Gasteiger partial charge in [-0.25, -0.2) is 0 Å². The standard InChI is InChI=1S/C16H23NO/c1-11-9-14(10-11)17-16(12-3-4-12)13-5-7-15(18-2)8-6-13/h5-8,11-12,14,16-17H,3-4,9-10H2,1-2H3. The van der Waals surface area contributed by atoms with Crippen LogP contribution >= 0.6 is 0 Å². The van der Waals surface area contributed by atoms with Crippen molar-refractivity contribution in [3.05, 3.63) is 29.8 Å². The zero-order chi connectivity index (χ0) is 12.5. The van der Waals surface area contributed by atoms with Crippen LogP contribution in [0.1, 0.15) is 44.2 Å². The van der Waals surface area contributed by atoms with Gasteiger partial charge in [0.25, 0.3) is 0 Å². The summed E-state index contributed by atoms with van der Waals surface area (Å²) >= 11 is 0. The van der Waals surface area contributed by atoms with Gasteiger partial charge in [0.15, 0.2) is 0 Å². The van der Waals surface area contributed by atoms with Gasteiger partial charge < -0.3 is 10.1 Å². The molecule has 1 unspecified atom stereocenters. The molecule has 0 bridgehead atoms. The Labute approximate surface area is 110 Å². The normalized spacial score (nSPS) is 28.6. The van der Waals surface area contributed by atoms with Crippen LogP contribution in [0.2, 0.25) is 0 Å². The van der Waals surface area contributed by atoms with Crippen LogP contribution in [-0.2, 0) is 0 Å². The fraction of sp³-hybridized carbons (Fsp3) is 0.625. The molecule has 2 aliphatic carbocycles. The van der Waals surface area contributed by atoms with Crippen LogP contribution in [0, 0.1) is 11.8 Å². The van der Waals surface area contributed by atoms with E-state index in [0.29, 0.717) is 6.04 Å². The van der Waals surface area contributed by atoms with E-state index >= 15 is 0 Å². The Kier molecular flexibility index (Phi) is 3.29. The zero-order valence-electron chi connectivity index (χ0n) is 11.4.